The van der Waals surface area contributed by atoms with Crippen molar-refractivity contribution in [2.24, 2.45) is 0 Å². The highest BCUT2D eigenvalue weighted by Gasteiger charge is 2.23. The van der Waals surface area contributed by atoms with Crippen LogP contribution in [0.2, 0.25) is 0 Å². The maximum Gasteiger partial charge on any atom is 0.164 e. The molecule has 70 valence electrons. The van der Waals surface area contributed by atoms with E-state index >= 15 is 0 Å². The summed E-state index contributed by atoms with van der Waals surface area (Å²) in [6.45, 7) is 0.446. The fourth-order valence-corrected chi connectivity index (χ4v) is 1.70. The molecule has 0 aliphatic carbocycles. The zero-order valence-electron chi connectivity index (χ0n) is 6.69. The Morgan fingerprint density at radius 3 is 2.92 bits per heavy atom. The summed E-state index contributed by atoms with van der Waals surface area (Å²) in [7, 11) is 0. The standard InChI is InChI=1S/C9H7ClF2O/c10-7-4-13-3-6-5(7)1-2-8(11)9(6)12/h1-2,7H,3-4H2. The van der Waals surface area contributed by atoms with Gasteiger partial charge in [-0.25, -0.2) is 8.78 Å². The smallest absolute Gasteiger partial charge is 0.164 e. The lowest BCUT2D eigenvalue weighted by Crippen LogP contribution is -2.15. The average Bonchev–Trinajstić information content (AvgIpc) is 2.12. The van der Waals surface area contributed by atoms with Gasteiger partial charge in [0, 0.05) is 5.56 Å². The van der Waals surface area contributed by atoms with E-state index in [1.54, 1.807) is 0 Å². The summed E-state index contributed by atoms with van der Waals surface area (Å²) in [5.74, 6) is -1.70. The molecule has 4 heteroatoms. The molecular weight excluding hydrogens is 198 g/mol. The van der Waals surface area contributed by atoms with Crippen LogP contribution < -0.4 is 0 Å². The minimum atomic E-state index is -0.854. The van der Waals surface area contributed by atoms with E-state index in [0.29, 0.717) is 12.2 Å². The molecule has 1 aliphatic rings. The van der Waals surface area contributed by atoms with Crippen molar-refractivity contribution in [2.75, 3.05) is 6.61 Å². The number of benzene rings is 1. The maximum absolute atomic E-state index is 13.1. The predicted molar refractivity (Wildman–Crippen MR) is 44.6 cm³/mol. The van der Waals surface area contributed by atoms with Gasteiger partial charge in [0.25, 0.3) is 0 Å². The summed E-state index contributed by atoms with van der Waals surface area (Å²) in [5, 5.41) is -0.376. The van der Waals surface area contributed by atoms with Crippen LogP contribution in [0.4, 0.5) is 8.78 Å². The van der Waals surface area contributed by atoms with E-state index in [-0.39, 0.29) is 17.5 Å². The van der Waals surface area contributed by atoms with Gasteiger partial charge in [0.15, 0.2) is 11.6 Å². The van der Waals surface area contributed by atoms with Crippen molar-refractivity contribution in [2.45, 2.75) is 12.0 Å². The van der Waals surface area contributed by atoms with Crippen LogP contribution in [0.1, 0.15) is 16.5 Å². The lowest BCUT2D eigenvalue weighted by molar-refractivity contribution is 0.103. The zero-order chi connectivity index (χ0) is 9.42. The summed E-state index contributed by atoms with van der Waals surface area (Å²) in [6, 6.07) is 2.60. The van der Waals surface area contributed by atoms with Gasteiger partial charge in [-0.05, 0) is 11.6 Å². The van der Waals surface area contributed by atoms with Crippen molar-refractivity contribution in [3.63, 3.8) is 0 Å². The molecule has 0 spiro atoms. The molecule has 0 saturated carbocycles. The number of rotatable bonds is 0. The van der Waals surface area contributed by atoms with Gasteiger partial charge >= 0.3 is 0 Å². The predicted octanol–water partition coefficient (Wildman–Crippen LogP) is 2.77. The highest BCUT2D eigenvalue weighted by Crippen LogP contribution is 2.31. The van der Waals surface area contributed by atoms with Crippen LogP contribution in [0.3, 0.4) is 0 Å². The van der Waals surface area contributed by atoms with Gasteiger partial charge < -0.3 is 4.74 Å². The monoisotopic (exact) mass is 204 g/mol. The molecule has 1 aliphatic heterocycles. The van der Waals surface area contributed by atoms with Gasteiger partial charge in [-0.2, -0.15) is 0 Å². The fraction of sp³-hybridized carbons (Fsp3) is 0.333. The molecule has 1 aromatic rings. The molecule has 0 aromatic heterocycles. The number of hydrogen-bond acceptors (Lipinski definition) is 1. The molecule has 0 N–H and O–H groups in total. The molecule has 2 rings (SSSR count). The lowest BCUT2D eigenvalue weighted by Gasteiger charge is -2.21. The third-order valence-electron chi connectivity index (χ3n) is 2.08. The van der Waals surface area contributed by atoms with E-state index < -0.39 is 11.6 Å². The largest absolute Gasteiger partial charge is 0.375 e. The molecule has 1 aromatic carbocycles. The SMILES string of the molecule is Fc1ccc2c(c1F)COCC2Cl. The minimum absolute atomic E-state index is 0.0994. The van der Waals surface area contributed by atoms with Crippen molar-refractivity contribution in [3.05, 3.63) is 34.9 Å². The van der Waals surface area contributed by atoms with Gasteiger partial charge in [-0.3, -0.25) is 0 Å². The second-order valence-corrected chi connectivity index (χ2v) is 3.44. The lowest BCUT2D eigenvalue weighted by atomic mass is 10.0. The topological polar surface area (TPSA) is 9.23 Å². The Balaban J connectivity index is 2.56. The number of alkyl halides is 1. The van der Waals surface area contributed by atoms with Crippen molar-refractivity contribution in [1.29, 1.82) is 0 Å². The normalized spacial score (nSPS) is 21.3. The van der Waals surface area contributed by atoms with E-state index in [4.69, 9.17) is 16.3 Å². The fourth-order valence-electron chi connectivity index (χ4n) is 1.40. The Morgan fingerprint density at radius 2 is 2.15 bits per heavy atom. The molecule has 13 heavy (non-hydrogen) atoms. The van der Waals surface area contributed by atoms with Crippen molar-refractivity contribution in [1.82, 2.24) is 0 Å². The van der Waals surface area contributed by atoms with Crippen LogP contribution >= 0.6 is 11.6 Å². The molecule has 0 saturated heterocycles. The molecule has 0 radical (unpaired) electrons. The van der Waals surface area contributed by atoms with Gasteiger partial charge in [-0.15, -0.1) is 11.6 Å². The van der Waals surface area contributed by atoms with E-state index in [1.807, 2.05) is 0 Å². The van der Waals surface area contributed by atoms with Crippen molar-refractivity contribution in [3.8, 4) is 0 Å². The number of ether oxygens (including phenoxy) is 1. The van der Waals surface area contributed by atoms with Gasteiger partial charge in [0.2, 0.25) is 0 Å². The first-order valence-electron chi connectivity index (χ1n) is 3.88. The Hall–Kier alpha value is -0.670. The first kappa shape index (κ1) is 8.91. The first-order chi connectivity index (χ1) is 6.20. The Bertz CT molecular complexity index is 341. The Labute approximate surface area is 79.3 Å². The van der Waals surface area contributed by atoms with Crippen LogP contribution in [0, 0.1) is 11.6 Å². The van der Waals surface area contributed by atoms with E-state index in [1.165, 1.54) is 6.07 Å². The molecule has 1 unspecified atom stereocenters. The first-order valence-corrected chi connectivity index (χ1v) is 4.32. The number of hydrogen-bond donors (Lipinski definition) is 0. The summed E-state index contributed by atoms with van der Waals surface area (Å²) in [6.07, 6.45) is 0. The second kappa shape index (κ2) is 3.24. The van der Waals surface area contributed by atoms with E-state index in [2.05, 4.69) is 0 Å². The molecule has 0 amide bonds. The molecule has 1 nitrogen and oxygen atoms in total. The van der Waals surface area contributed by atoms with Crippen molar-refractivity contribution >= 4 is 11.6 Å². The van der Waals surface area contributed by atoms with Crippen LogP contribution in [0.5, 0.6) is 0 Å². The molecule has 1 heterocycles. The maximum atomic E-state index is 13.1. The molecule has 0 bridgehead atoms. The van der Waals surface area contributed by atoms with Gasteiger partial charge in [-0.1, -0.05) is 6.07 Å². The quantitative estimate of drug-likeness (QED) is 0.591. The third kappa shape index (κ3) is 1.42. The molecule has 1 atom stereocenters. The third-order valence-corrected chi connectivity index (χ3v) is 2.44. The highest BCUT2D eigenvalue weighted by atomic mass is 35.5. The Morgan fingerprint density at radius 1 is 1.38 bits per heavy atom. The second-order valence-electron chi connectivity index (χ2n) is 2.91. The van der Waals surface area contributed by atoms with Crippen LogP contribution in [0.25, 0.3) is 0 Å². The van der Waals surface area contributed by atoms with Crippen LogP contribution in [-0.4, -0.2) is 6.61 Å². The minimum Gasteiger partial charge on any atom is -0.375 e. The van der Waals surface area contributed by atoms with Crippen LogP contribution in [0.15, 0.2) is 12.1 Å². The molecular formula is C9H7ClF2O. The summed E-state index contributed by atoms with van der Waals surface area (Å²) >= 11 is 5.86. The van der Waals surface area contributed by atoms with E-state index in [9.17, 15) is 8.78 Å². The summed E-state index contributed by atoms with van der Waals surface area (Å²) in [4.78, 5) is 0. The Kier molecular flexibility index (Phi) is 2.22. The van der Waals surface area contributed by atoms with Gasteiger partial charge in [0.05, 0.1) is 18.6 Å². The van der Waals surface area contributed by atoms with Crippen LogP contribution in [-0.2, 0) is 11.3 Å². The number of halogens is 3. The summed E-state index contributed by atoms with van der Waals surface area (Å²) in [5.41, 5.74) is 0.873. The zero-order valence-corrected chi connectivity index (χ0v) is 7.44. The van der Waals surface area contributed by atoms with Gasteiger partial charge in [0.1, 0.15) is 0 Å². The summed E-state index contributed by atoms with van der Waals surface area (Å²) < 4.78 is 30.9. The van der Waals surface area contributed by atoms with Crippen molar-refractivity contribution < 1.29 is 13.5 Å². The number of fused-ring (bicyclic) bond motifs is 1. The van der Waals surface area contributed by atoms with E-state index in [0.717, 1.165) is 6.07 Å². The average molecular weight is 205 g/mol. The molecule has 0 fully saturated rings. The highest BCUT2D eigenvalue weighted by molar-refractivity contribution is 6.21.